The third kappa shape index (κ3) is 2.51. The lowest BCUT2D eigenvalue weighted by Gasteiger charge is -2.41. The van der Waals surface area contributed by atoms with Crippen molar-refractivity contribution in [2.75, 3.05) is 27.2 Å². The number of piperidine rings is 1. The number of hydrogen-bond donors (Lipinski definition) is 0. The molecule has 0 bridgehead atoms. The lowest BCUT2D eigenvalue weighted by molar-refractivity contribution is -0.128. The highest BCUT2D eigenvalue weighted by molar-refractivity contribution is 6.30. The van der Waals surface area contributed by atoms with Gasteiger partial charge in [-0.3, -0.25) is 4.79 Å². The molecule has 0 radical (unpaired) electrons. The average molecular weight is 309 g/mol. The summed E-state index contributed by atoms with van der Waals surface area (Å²) in [5, 5.41) is 0.571. The van der Waals surface area contributed by atoms with Gasteiger partial charge in [0.2, 0.25) is 0 Å². The summed E-state index contributed by atoms with van der Waals surface area (Å²) < 4.78 is 5.29. The van der Waals surface area contributed by atoms with Crippen LogP contribution < -0.4 is 4.74 Å². The number of rotatable bonds is 1. The molecule has 0 aromatic heterocycles. The molecule has 1 amide bonds. The number of nitrogens with zero attached hydrogens (tertiary/aromatic N) is 2. The number of likely N-dealkylation sites (tertiary alicyclic amines) is 1. The predicted octanol–water partition coefficient (Wildman–Crippen LogP) is 2.35. The molecule has 1 fully saturated rings. The van der Waals surface area contributed by atoms with Gasteiger partial charge in [-0.2, -0.15) is 0 Å². The van der Waals surface area contributed by atoms with Crippen molar-refractivity contribution >= 4 is 23.5 Å². The topological polar surface area (TPSA) is 49.9 Å². The van der Waals surface area contributed by atoms with Gasteiger partial charge in [0, 0.05) is 37.1 Å². The first-order chi connectivity index (χ1) is 9.97. The normalized spacial score (nSPS) is 26.5. The van der Waals surface area contributed by atoms with E-state index in [0.29, 0.717) is 23.7 Å². The van der Waals surface area contributed by atoms with Crippen LogP contribution in [0.4, 0.5) is 4.79 Å². The van der Waals surface area contributed by atoms with E-state index in [4.69, 9.17) is 16.3 Å². The molecule has 2 atom stereocenters. The Labute approximate surface area is 128 Å². The fourth-order valence-corrected chi connectivity index (χ4v) is 3.29. The number of fused-ring (bicyclic) bond motifs is 1. The first kappa shape index (κ1) is 14.4. The summed E-state index contributed by atoms with van der Waals surface area (Å²) >= 11 is 6.08. The lowest BCUT2D eigenvalue weighted by Crippen LogP contribution is -2.49. The van der Waals surface area contributed by atoms with E-state index < -0.39 is 6.09 Å². The maximum Gasteiger partial charge on any atom is 0.415 e. The van der Waals surface area contributed by atoms with Gasteiger partial charge in [0.1, 0.15) is 11.5 Å². The van der Waals surface area contributed by atoms with Crippen LogP contribution in [0.1, 0.15) is 18.0 Å². The van der Waals surface area contributed by atoms with E-state index in [0.717, 1.165) is 12.1 Å². The van der Waals surface area contributed by atoms with Crippen LogP contribution in [0.5, 0.6) is 5.75 Å². The monoisotopic (exact) mass is 308 g/mol. The zero-order valence-corrected chi connectivity index (χ0v) is 12.8. The van der Waals surface area contributed by atoms with Crippen LogP contribution >= 0.6 is 11.6 Å². The largest absolute Gasteiger partial charge is 0.415 e. The van der Waals surface area contributed by atoms with Crippen molar-refractivity contribution in [3.05, 3.63) is 28.8 Å². The Morgan fingerprint density at radius 3 is 2.81 bits per heavy atom. The van der Waals surface area contributed by atoms with Crippen LogP contribution in [0.2, 0.25) is 5.02 Å². The van der Waals surface area contributed by atoms with Gasteiger partial charge in [-0.25, -0.2) is 4.79 Å². The Morgan fingerprint density at radius 2 is 2.05 bits per heavy atom. The average Bonchev–Trinajstić information content (AvgIpc) is 2.44. The minimum Gasteiger partial charge on any atom is -0.410 e. The molecule has 1 aromatic rings. The zero-order valence-electron chi connectivity index (χ0n) is 12.0. The molecule has 1 aromatic carbocycles. The summed E-state index contributed by atoms with van der Waals surface area (Å²) in [6, 6.07) is 4.83. The molecule has 2 unspecified atom stereocenters. The van der Waals surface area contributed by atoms with Crippen molar-refractivity contribution < 1.29 is 14.3 Å². The van der Waals surface area contributed by atoms with Gasteiger partial charge in [-0.1, -0.05) is 11.6 Å². The fraction of sp³-hybridized carbons (Fsp3) is 0.467. The number of carbonyl (C=O) groups excluding carboxylic acids is 2. The van der Waals surface area contributed by atoms with Crippen molar-refractivity contribution in [3.63, 3.8) is 0 Å². The van der Waals surface area contributed by atoms with E-state index >= 15 is 0 Å². The number of ether oxygens (including phenoxy) is 1. The van der Waals surface area contributed by atoms with Crippen LogP contribution in [0.3, 0.4) is 0 Å². The van der Waals surface area contributed by atoms with Gasteiger partial charge >= 0.3 is 6.09 Å². The quantitative estimate of drug-likeness (QED) is 0.799. The Balaban J connectivity index is 2.05. The Morgan fingerprint density at radius 1 is 1.29 bits per heavy atom. The smallest absolute Gasteiger partial charge is 0.410 e. The molecule has 2 aliphatic rings. The van der Waals surface area contributed by atoms with Gasteiger partial charge in [-0.05, 0) is 25.2 Å². The van der Waals surface area contributed by atoms with E-state index in [-0.39, 0.29) is 17.7 Å². The summed E-state index contributed by atoms with van der Waals surface area (Å²) in [6.45, 7) is 1.39. The number of Topliss-reactive ketones (excluding diaryl/α,β-unsaturated/α-hetero) is 1. The Hall–Kier alpha value is -1.59. The van der Waals surface area contributed by atoms with Crippen molar-refractivity contribution in [2.45, 2.75) is 12.5 Å². The molecule has 112 valence electrons. The molecule has 1 saturated heterocycles. The van der Waals surface area contributed by atoms with Crippen molar-refractivity contribution in [1.29, 1.82) is 0 Å². The Bertz CT molecular complexity index is 605. The van der Waals surface area contributed by atoms with E-state index in [9.17, 15) is 9.59 Å². The number of hydrogen-bond acceptors (Lipinski definition) is 4. The standard InChI is InChI=1S/C15H17ClN2O3/c1-17-6-5-12(19)11(8-17)14-10-7-9(16)3-4-13(10)21-15(20)18(14)2/h3-4,7,11,14H,5-6,8H2,1-2H3. The molecular weight excluding hydrogens is 292 g/mol. The number of ketones is 1. The maximum absolute atomic E-state index is 12.3. The number of carbonyl (C=O) groups is 2. The van der Waals surface area contributed by atoms with Crippen molar-refractivity contribution in [3.8, 4) is 5.75 Å². The third-order valence-corrected chi connectivity index (χ3v) is 4.47. The number of amides is 1. The minimum absolute atomic E-state index is 0.186. The predicted molar refractivity (Wildman–Crippen MR) is 78.6 cm³/mol. The number of halogens is 1. The van der Waals surface area contributed by atoms with Crippen molar-refractivity contribution in [2.24, 2.45) is 5.92 Å². The highest BCUT2D eigenvalue weighted by Gasteiger charge is 2.42. The molecular formula is C15H17ClN2O3. The molecule has 2 heterocycles. The van der Waals surface area contributed by atoms with Crippen LogP contribution in [0, 0.1) is 5.92 Å². The van der Waals surface area contributed by atoms with Gasteiger partial charge in [0.05, 0.1) is 12.0 Å². The third-order valence-electron chi connectivity index (χ3n) is 4.24. The van der Waals surface area contributed by atoms with Gasteiger partial charge < -0.3 is 14.5 Å². The van der Waals surface area contributed by atoms with Crippen LogP contribution in [0.15, 0.2) is 18.2 Å². The zero-order chi connectivity index (χ0) is 15.1. The molecule has 5 nitrogen and oxygen atoms in total. The summed E-state index contributed by atoms with van der Waals surface area (Å²) in [5.74, 6) is 0.429. The first-order valence-electron chi connectivity index (χ1n) is 6.92. The van der Waals surface area contributed by atoms with E-state index in [2.05, 4.69) is 4.90 Å². The summed E-state index contributed by atoms with van der Waals surface area (Å²) in [4.78, 5) is 28.0. The van der Waals surface area contributed by atoms with E-state index in [1.807, 2.05) is 7.05 Å². The second-order valence-electron chi connectivity index (χ2n) is 5.69. The highest BCUT2D eigenvalue weighted by Crippen LogP contribution is 2.41. The minimum atomic E-state index is -0.434. The maximum atomic E-state index is 12.3. The second-order valence-corrected chi connectivity index (χ2v) is 6.13. The van der Waals surface area contributed by atoms with Crippen LogP contribution in [-0.2, 0) is 4.79 Å². The summed E-state index contributed by atoms with van der Waals surface area (Å²) in [7, 11) is 3.65. The molecule has 0 aliphatic carbocycles. The van der Waals surface area contributed by atoms with E-state index in [1.54, 1.807) is 25.2 Å². The number of benzene rings is 1. The summed E-state index contributed by atoms with van der Waals surface area (Å²) in [5.41, 5.74) is 0.804. The molecule has 0 saturated carbocycles. The summed E-state index contributed by atoms with van der Waals surface area (Å²) in [6.07, 6.45) is 0.0760. The molecule has 6 heteroatoms. The molecule has 0 spiro atoms. The molecule has 0 N–H and O–H groups in total. The van der Waals surface area contributed by atoms with Gasteiger partial charge in [0.15, 0.2) is 0 Å². The van der Waals surface area contributed by atoms with E-state index in [1.165, 1.54) is 4.90 Å². The lowest BCUT2D eigenvalue weighted by atomic mass is 9.84. The van der Waals surface area contributed by atoms with Crippen LogP contribution in [-0.4, -0.2) is 48.9 Å². The van der Waals surface area contributed by atoms with Crippen molar-refractivity contribution in [1.82, 2.24) is 9.80 Å². The first-order valence-corrected chi connectivity index (χ1v) is 7.30. The fourth-order valence-electron chi connectivity index (χ4n) is 3.11. The Kier molecular flexibility index (Phi) is 3.63. The van der Waals surface area contributed by atoms with Gasteiger partial charge in [0.25, 0.3) is 0 Å². The highest BCUT2D eigenvalue weighted by atomic mass is 35.5. The molecule has 2 aliphatic heterocycles. The SMILES string of the molecule is CN1CCC(=O)C(C2c3cc(Cl)ccc3OC(=O)N2C)C1. The van der Waals surface area contributed by atoms with Gasteiger partial charge in [-0.15, -0.1) is 0 Å². The molecule has 3 rings (SSSR count). The van der Waals surface area contributed by atoms with Crippen LogP contribution in [0.25, 0.3) is 0 Å². The molecule has 21 heavy (non-hydrogen) atoms. The second kappa shape index (κ2) is 5.31.